The molecule has 1 saturated heterocycles. The van der Waals surface area contributed by atoms with E-state index >= 15 is 0 Å². The zero-order valence-electron chi connectivity index (χ0n) is 16.8. The lowest BCUT2D eigenvalue weighted by atomic mass is 9.60. The molecule has 3 unspecified atom stereocenters. The van der Waals surface area contributed by atoms with Crippen molar-refractivity contribution in [2.45, 2.75) is 19.3 Å². The molecule has 2 aromatic carbocycles. The standard InChI is InChI=1S/C24H22BrNO4/c1-4-14-10-11-18-22(28)26(16-8-6-5-7-9-16)23(29)24(18,2)20(14)17-12-15(25)13-19(30-3)21(17)27/h4-10,12-13,18,20,27H,1,11H2,2-3H3. The molecule has 6 heteroatoms. The Hall–Kier alpha value is -2.86. The third-order valence-electron chi connectivity index (χ3n) is 6.28. The molecule has 1 aliphatic carbocycles. The Morgan fingerprint density at radius 3 is 2.60 bits per heavy atom. The average Bonchev–Trinajstić information content (AvgIpc) is 2.95. The number of ether oxygens (including phenoxy) is 1. The van der Waals surface area contributed by atoms with Crippen LogP contribution in [0, 0.1) is 11.3 Å². The van der Waals surface area contributed by atoms with Crippen molar-refractivity contribution in [2.75, 3.05) is 12.0 Å². The molecule has 0 radical (unpaired) electrons. The minimum absolute atomic E-state index is 0.0428. The molecule has 5 nitrogen and oxygen atoms in total. The van der Waals surface area contributed by atoms with Gasteiger partial charge in [-0.05, 0) is 43.2 Å². The highest BCUT2D eigenvalue weighted by Crippen LogP contribution is 2.58. The van der Waals surface area contributed by atoms with E-state index in [0.717, 1.165) is 5.57 Å². The second-order valence-electron chi connectivity index (χ2n) is 7.77. The first-order valence-electron chi connectivity index (χ1n) is 9.66. The zero-order chi connectivity index (χ0) is 21.6. The third-order valence-corrected chi connectivity index (χ3v) is 6.74. The summed E-state index contributed by atoms with van der Waals surface area (Å²) in [6.07, 6.45) is 4.08. The number of carbonyl (C=O) groups is 2. The van der Waals surface area contributed by atoms with Gasteiger partial charge in [0.15, 0.2) is 11.5 Å². The summed E-state index contributed by atoms with van der Waals surface area (Å²) in [5, 5.41) is 10.9. The van der Waals surface area contributed by atoms with Crippen molar-refractivity contribution in [1.29, 1.82) is 0 Å². The summed E-state index contributed by atoms with van der Waals surface area (Å²) in [5.41, 5.74) is 0.808. The summed E-state index contributed by atoms with van der Waals surface area (Å²) in [6.45, 7) is 5.73. The van der Waals surface area contributed by atoms with Crippen LogP contribution in [-0.4, -0.2) is 24.0 Å². The Labute approximate surface area is 183 Å². The number of phenols is 1. The summed E-state index contributed by atoms with van der Waals surface area (Å²) >= 11 is 3.46. The van der Waals surface area contributed by atoms with Crippen molar-refractivity contribution in [3.05, 3.63) is 76.8 Å². The number of anilines is 1. The maximum atomic E-state index is 13.8. The summed E-state index contributed by atoms with van der Waals surface area (Å²) in [4.78, 5) is 28.4. The molecule has 1 N–H and O–H groups in total. The smallest absolute Gasteiger partial charge is 0.241 e. The van der Waals surface area contributed by atoms with E-state index in [9.17, 15) is 14.7 Å². The SMILES string of the molecule is C=CC1=CCC2C(=O)N(c3ccccc3)C(=O)C2(C)C1c1cc(Br)cc(OC)c1O. The summed E-state index contributed by atoms with van der Waals surface area (Å²) in [7, 11) is 1.47. The van der Waals surface area contributed by atoms with E-state index in [1.165, 1.54) is 12.0 Å². The van der Waals surface area contributed by atoms with Crippen LogP contribution in [0.5, 0.6) is 11.5 Å². The first-order chi connectivity index (χ1) is 14.3. The van der Waals surface area contributed by atoms with Gasteiger partial charge in [-0.15, -0.1) is 0 Å². The van der Waals surface area contributed by atoms with Gasteiger partial charge in [0.2, 0.25) is 11.8 Å². The lowest BCUT2D eigenvalue weighted by Crippen LogP contribution is -2.41. The molecule has 0 saturated carbocycles. The van der Waals surface area contributed by atoms with Crippen molar-refractivity contribution in [3.63, 3.8) is 0 Å². The predicted molar refractivity (Wildman–Crippen MR) is 119 cm³/mol. The van der Waals surface area contributed by atoms with E-state index in [1.807, 2.05) is 19.1 Å². The number of aromatic hydroxyl groups is 1. The number of phenolic OH excluding ortho intramolecular Hbond substituents is 1. The van der Waals surface area contributed by atoms with Crippen molar-refractivity contribution in [2.24, 2.45) is 11.3 Å². The van der Waals surface area contributed by atoms with E-state index in [2.05, 4.69) is 22.5 Å². The molecule has 1 heterocycles. The van der Waals surface area contributed by atoms with Crippen molar-refractivity contribution < 1.29 is 19.4 Å². The molecular formula is C24H22BrNO4. The molecule has 2 amide bonds. The fourth-order valence-corrected chi connectivity index (χ4v) is 5.24. The Morgan fingerprint density at radius 2 is 1.97 bits per heavy atom. The Kier molecular flexibility index (Phi) is 5.06. The molecule has 154 valence electrons. The highest BCUT2D eigenvalue weighted by molar-refractivity contribution is 9.10. The van der Waals surface area contributed by atoms with Gasteiger partial charge in [-0.25, -0.2) is 4.90 Å². The van der Waals surface area contributed by atoms with Gasteiger partial charge in [0.05, 0.1) is 24.1 Å². The molecule has 2 aromatic rings. The maximum Gasteiger partial charge on any atom is 0.241 e. The number of imide groups is 1. The van der Waals surface area contributed by atoms with Crippen LogP contribution in [0.4, 0.5) is 5.69 Å². The quantitative estimate of drug-likeness (QED) is 0.645. The fourth-order valence-electron chi connectivity index (χ4n) is 4.79. The van der Waals surface area contributed by atoms with E-state index in [1.54, 1.807) is 42.5 Å². The van der Waals surface area contributed by atoms with Gasteiger partial charge in [-0.1, -0.05) is 52.9 Å². The van der Waals surface area contributed by atoms with Gasteiger partial charge in [-0.2, -0.15) is 0 Å². The molecule has 1 aliphatic heterocycles. The van der Waals surface area contributed by atoms with Crippen molar-refractivity contribution in [3.8, 4) is 11.5 Å². The number of carbonyl (C=O) groups excluding carboxylic acids is 2. The van der Waals surface area contributed by atoms with Crippen molar-refractivity contribution in [1.82, 2.24) is 0 Å². The normalized spacial score (nSPS) is 25.7. The molecule has 0 aromatic heterocycles. The zero-order valence-corrected chi connectivity index (χ0v) is 18.3. The van der Waals surface area contributed by atoms with Crippen LogP contribution >= 0.6 is 15.9 Å². The van der Waals surface area contributed by atoms with Gasteiger partial charge in [-0.3, -0.25) is 9.59 Å². The third kappa shape index (κ3) is 2.82. The minimum atomic E-state index is -1.07. The molecular weight excluding hydrogens is 446 g/mol. The first kappa shape index (κ1) is 20.4. The van der Waals surface area contributed by atoms with Crippen LogP contribution in [-0.2, 0) is 9.59 Å². The highest BCUT2D eigenvalue weighted by Gasteiger charge is 2.62. The van der Waals surface area contributed by atoms with Crippen LogP contribution < -0.4 is 9.64 Å². The van der Waals surface area contributed by atoms with Gasteiger partial charge in [0.1, 0.15) is 0 Å². The molecule has 3 atom stereocenters. The number of amides is 2. The van der Waals surface area contributed by atoms with Crippen LogP contribution in [0.25, 0.3) is 0 Å². The summed E-state index contributed by atoms with van der Waals surface area (Å²) < 4.78 is 6.03. The molecule has 0 bridgehead atoms. The molecule has 0 spiro atoms. The maximum absolute atomic E-state index is 13.8. The lowest BCUT2D eigenvalue weighted by Gasteiger charge is -2.40. The topological polar surface area (TPSA) is 66.8 Å². The van der Waals surface area contributed by atoms with Crippen LogP contribution in [0.1, 0.15) is 24.8 Å². The van der Waals surface area contributed by atoms with Gasteiger partial charge in [0.25, 0.3) is 0 Å². The Balaban J connectivity index is 1.93. The molecule has 30 heavy (non-hydrogen) atoms. The molecule has 1 fully saturated rings. The van der Waals surface area contributed by atoms with Gasteiger partial charge >= 0.3 is 0 Å². The minimum Gasteiger partial charge on any atom is -0.504 e. The number of hydrogen-bond acceptors (Lipinski definition) is 4. The van der Waals surface area contributed by atoms with Crippen LogP contribution in [0.15, 0.2) is 71.2 Å². The summed E-state index contributed by atoms with van der Waals surface area (Å²) in [6, 6.07) is 12.4. The number of halogens is 1. The number of para-hydroxylation sites is 1. The highest BCUT2D eigenvalue weighted by atomic mass is 79.9. The van der Waals surface area contributed by atoms with Crippen LogP contribution in [0.3, 0.4) is 0 Å². The first-order valence-corrected chi connectivity index (χ1v) is 10.5. The second kappa shape index (κ2) is 7.43. The number of methoxy groups -OCH3 is 1. The van der Waals surface area contributed by atoms with E-state index < -0.39 is 17.3 Å². The number of nitrogens with zero attached hydrogens (tertiary/aromatic N) is 1. The van der Waals surface area contributed by atoms with E-state index in [4.69, 9.17) is 4.74 Å². The molecule has 2 aliphatic rings. The number of benzene rings is 2. The fraction of sp³-hybridized carbons (Fsp3) is 0.250. The second-order valence-corrected chi connectivity index (χ2v) is 8.69. The monoisotopic (exact) mass is 467 g/mol. The number of fused-ring (bicyclic) bond motifs is 1. The van der Waals surface area contributed by atoms with Gasteiger partial charge in [0, 0.05) is 16.0 Å². The largest absolute Gasteiger partial charge is 0.504 e. The van der Waals surface area contributed by atoms with Crippen molar-refractivity contribution >= 4 is 33.4 Å². The number of rotatable bonds is 4. The van der Waals surface area contributed by atoms with Gasteiger partial charge < -0.3 is 9.84 Å². The predicted octanol–water partition coefficient (Wildman–Crippen LogP) is 4.96. The number of hydrogen-bond donors (Lipinski definition) is 1. The molecule has 4 rings (SSSR count). The van der Waals surface area contributed by atoms with Crippen LogP contribution in [0.2, 0.25) is 0 Å². The average molecular weight is 468 g/mol. The van der Waals surface area contributed by atoms with E-state index in [0.29, 0.717) is 27.9 Å². The number of allylic oxidation sites excluding steroid dienone is 3. The Morgan fingerprint density at radius 1 is 1.27 bits per heavy atom. The van der Waals surface area contributed by atoms with E-state index in [-0.39, 0.29) is 17.6 Å². The Bertz CT molecular complexity index is 1080. The summed E-state index contributed by atoms with van der Waals surface area (Å²) in [5.74, 6) is -1.34. The lowest BCUT2D eigenvalue weighted by molar-refractivity contribution is -0.127.